The number of rotatable bonds is 1. The van der Waals surface area contributed by atoms with Crippen molar-refractivity contribution in [2.24, 2.45) is 0 Å². The molecular formula is C25H15FO. The van der Waals surface area contributed by atoms with Gasteiger partial charge in [0.15, 0.2) is 0 Å². The van der Waals surface area contributed by atoms with Gasteiger partial charge in [0.1, 0.15) is 11.9 Å². The van der Waals surface area contributed by atoms with Crippen LogP contribution in [0.2, 0.25) is 0 Å². The number of hydrogen-bond donors (Lipinski definition) is 1. The number of halogens is 1. The molecule has 0 amide bonds. The quantitative estimate of drug-likeness (QED) is 0.648. The first-order chi connectivity index (χ1) is 13.2. The van der Waals surface area contributed by atoms with E-state index in [1.165, 1.54) is 12.1 Å². The first kappa shape index (κ1) is 18.0. The first-order valence-corrected chi connectivity index (χ1v) is 8.33. The molecule has 1 unspecified atom stereocenters. The lowest BCUT2D eigenvalue weighted by Crippen LogP contribution is -1.99. The van der Waals surface area contributed by atoms with Gasteiger partial charge >= 0.3 is 0 Å². The van der Waals surface area contributed by atoms with Crippen LogP contribution in [0.3, 0.4) is 0 Å². The molecule has 0 aromatic heterocycles. The van der Waals surface area contributed by atoms with Crippen LogP contribution >= 0.6 is 0 Å². The molecule has 27 heavy (non-hydrogen) atoms. The Hall–Kier alpha value is -3.77. The summed E-state index contributed by atoms with van der Waals surface area (Å²) >= 11 is 0. The van der Waals surface area contributed by atoms with E-state index >= 15 is 0 Å². The second-order valence-corrected chi connectivity index (χ2v) is 5.64. The number of aliphatic hydroxyl groups excluding tert-OH is 1. The summed E-state index contributed by atoms with van der Waals surface area (Å²) in [6, 6.07) is 23.0. The van der Waals surface area contributed by atoms with Gasteiger partial charge in [-0.3, -0.25) is 0 Å². The maximum absolute atomic E-state index is 13.6. The molecular weight excluding hydrogens is 335 g/mol. The van der Waals surface area contributed by atoms with E-state index in [0.717, 1.165) is 11.1 Å². The smallest absolute Gasteiger partial charge is 0.142 e. The molecule has 3 rings (SSSR count). The third-order valence-electron chi connectivity index (χ3n) is 3.68. The molecule has 1 N–H and O–H groups in total. The summed E-state index contributed by atoms with van der Waals surface area (Å²) in [5.41, 5.74) is 2.52. The SMILES string of the molecule is OC(C#CC#Cc1ccccc1)c1cc(F)ccc1C#Cc1ccccc1. The van der Waals surface area contributed by atoms with Crippen molar-refractivity contribution in [3.05, 3.63) is 107 Å². The topological polar surface area (TPSA) is 20.2 Å². The van der Waals surface area contributed by atoms with Crippen LogP contribution in [0.1, 0.15) is 28.4 Å². The monoisotopic (exact) mass is 350 g/mol. The molecule has 0 fully saturated rings. The van der Waals surface area contributed by atoms with Crippen LogP contribution in [0.25, 0.3) is 0 Å². The van der Waals surface area contributed by atoms with Gasteiger partial charge < -0.3 is 5.11 Å². The highest BCUT2D eigenvalue weighted by molar-refractivity contribution is 5.49. The summed E-state index contributed by atoms with van der Waals surface area (Å²) in [5.74, 6) is 16.4. The van der Waals surface area contributed by atoms with E-state index in [2.05, 4.69) is 35.5 Å². The molecule has 0 aliphatic rings. The zero-order valence-corrected chi connectivity index (χ0v) is 14.4. The Balaban J connectivity index is 1.84. The maximum Gasteiger partial charge on any atom is 0.142 e. The van der Waals surface area contributed by atoms with Crippen molar-refractivity contribution in [1.29, 1.82) is 0 Å². The molecule has 3 aromatic carbocycles. The van der Waals surface area contributed by atoms with Crippen molar-refractivity contribution in [2.45, 2.75) is 6.10 Å². The van der Waals surface area contributed by atoms with E-state index in [0.29, 0.717) is 11.1 Å². The van der Waals surface area contributed by atoms with Gasteiger partial charge in [0.25, 0.3) is 0 Å². The molecule has 3 aromatic rings. The minimum absolute atomic E-state index is 0.326. The van der Waals surface area contributed by atoms with Crippen molar-refractivity contribution >= 4 is 0 Å². The summed E-state index contributed by atoms with van der Waals surface area (Å²) < 4.78 is 13.6. The Morgan fingerprint density at radius 1 is 0.704 bits per heavy atom. The lowest BCUT2D eigenvalue weighted by Gasteiger charge is -2.06. The summed E-state index contributed by atoms with van der Waals surface area (Å²) in [6.07, 6.45) is -1.18. The fourth-order valence-corrected chi connectivity index (χ4v) is 2.34. The average Bonchev–Trinajstić information content (AvgIpc) is 2.71. The molecule has 0 aliphatic heterocycles. The summed E-state index contributed by atoms with van der Waals surface area (Å²) in [6.45, 7) is 0. The van der Waals surface area contributed by atoms with Crippen molar-refractivity contribution in [1.82, 2.24) is 0 Å². The van der Waals surface area contributed by atoms with E-state index in [1.54, 1.807) is 6.07 Å². The van der Waals surface area contributed by atoms with Crippen molar-refractivity contribution in [3.8, 4) is 35.5 Å². The van der Waals surface area contributed by atoms with Crippen LogP contribution in [-0.4, -0.2) is 5.11 Å². The van der Waals surface area contributed by atoms with Crippen LogP contribution in [0.4, 0.5) is 4.39 Å². The lowest BCUT2D eigenvalue weighted by atomic mass is 10.0. The van der Waals surface area contributed by atoms with Crippen molar-refractivity contribution < 1.29 is 9.50 Å². The molecule has 0 saturated heterocycles. The largest absolute Gasteiger partial charge is 0.376 e. The number of aliphatic hydroxyl groups is 1. The van der Waals surface area contributed by atoms with Gasteiger partial charge in [-0.2, -0.15) is 0 Å². The van der Waals surface area contributed by atoms with E-state index in [9.17, 15) is 9.50 Å². The van der Waals surface area contributed by atoms with Gasteiger partial charge in [0.2, 0.25) is 0 Å². The highest BCUT2D eigenvalue weighted by Gasteiger charge is 2.10. The second-order valence-electron chi connectivity index (χ2n) is 5.64. The maximum atomic E-state index is 13.6. The Labute approximate surface area is 158 Å². The third kappa shape index (κ3) is 5.35. The molecule has 0 heterocycles. The zero-order chi connectivity index (χ0) is 18.9. The Bertz CT molecular complexity index is 1100. The van der Waals surface area contributed by atoms with Gasteiger partial charge in [-0.1, -0.05) is 60.1 Å². The summed E-state index contributed by atoms with van der Waals surface area (Å²) in [5, 5.41) is 10.3. The van der Waals surface area contributed by atoms with E-state index in [1.807, 2.05) is 60.7 Å². The Morgan fingerprint density at radius 3 is 2.00 bits per heavy atom. The first-order valence-electron chi connectivity index (χ1n) is 8.33. The summed E-state index contributed by atoms with van der Waals surface area (Å²) in [7, 11) is 0. The van der Waals surface area contributed by atoms with Gasteiger partial charge in [0.05, 0.1) is 0 Å². The number of benzene rings is 3. The fourth-order valence-electron chi connectivity index (χ4n) is 2.34. The van der Waals surface area contributed by atoms with Crippen LogP contribution in [0, 0.1) is 41.3 Å². The molecule has 0 spiro atoms. The highest BCUT2D eigenvalue weighted by Crippen LogP contribution is 2.18. The molecule has 1 atom stereocenters. The van der Waals surface area contributed by atoms with Crippen LogP contribution in [-0.2, 0) is 0 Å². The van der Waals surface area contributed by atoms with E-state index in [4.69, 9.17) is 0 Å². The van der Waals surface area contributed by atoms with Crippen molar-refractivity contribution in [2.75, 3.05) is 0 Å². The van der Waals surface area contributed by atoms with Crippen molar-refractivity contribution in [3.63, 3.8) is 0 Å². The van der Waals surface area contributed by atoms with E-state index in [-0.39, 0.29) is 0 Å². The van der Waals surface area contributed by atoms with Gasteiger partial charge in [-0.05, 0) is 54.3 Å². The molecule has 128 valence electrons. The lowest BCUT2D eigenvalue weighted by molar-refractivity contribution is 0.237. The van der Waals surface area contributed by atoms with Gasteiger partial charge in [-0.15, -0.1) is 0 Å². The van der Waals surface area contributed by atoms with Crippen LogP contribution < -0.4 is 0 Å². The molecule has 0 saturated carbocycles. The predicted octanol–water partition coefficient (Wildman–Crippen LogP) is 4.31. The zero-order valence-electron chi connectivity index (χ0n) is 14.4. The molecule has 1 nitrogen and oxygen atoms in total. The fraction of sp³-hybridized carbons (Fsp3) is 0.0400. The molecule has 0 bridgehead atoms. The average molecular weight is 350 g/mol. The van der Waals surface area contributed by atoms with Crippen LogP contribution in [0.5, 0.6) is 0 Å². The van der Waals surface area contributed by atoms with Crippen LogP contribution in [0.15, 0.2) is 78.9 Å². The predicted molar refractivity (Wildman–Crippen MR) is 105 cm³/mol. The standard InChI is InChI=1S/C25H15FO/c26-23-18-17-22(16-15-21-11-5-2-6-12-21)24(19-23)25(27)14-8-7-13-20-9-3-1-4-10-20/h1-6,9-12,17-19,25,27H. The van der Waals surface area contributed by atoms with E-state index < -0.39 is 11.9 Å². The Kier molecular flexibility index (Phi) is 6.06. The number of hydrogen-bond acceptors (Lipinski definition) is 1. The van der Waals surface area contributed by atoms with Gasteiger partial charge in [-0.25, -0.2) is 4.39 Å². The molecule has 2 heteroatoms. The van der Waals surface area contributed by atoms with Gasteiger partial charge in [0, 0.05) is 22.3 Å². The second kappa shape index (κ2) is 9.07. The minimum Gasteiger partial charge on any atom is -0.376 e. The minimum atomic E-state index is -1.18. The highest BCUT2D eigenvalue weighted by atomic mass is 19.1. The molecule has 0 radical (unpaired) electrons. The Morgan fingerprint density at radius 2 is 1.33 bits per heavy atom. The molecule has 0 aliphatic carbocycles. The normalized spacial score (nSPS) is 10.3. The third-order valence-corrected chi connectivity index (χ3v) is 3.68. The summed E-state index contributed by atoms with van der Waals surface area (Å²) in [4.78, 5) is 0.